The monoisotopic (exact) mass is 268 g/mol. The lowest BCUT2D eigenvalue weighted by Crippen LogP contribution is -2.26. The summed E-state index contributed by atoms with van der Waals surface area (Å²) in [6, 6.07) is 4.84. The normalized spacial score (nSPS) is 21.1. The van der Waals surface area contributed by atoms with Crippen LogP contribution < -0.4 is 10.6 Å². The van der Waals surface area contributed by atoms with Gasteiger partial charge in [0.2, 0.25) is 0 Å². The quantitative estimate of drug-likeness (QED) is 0.819. The van der Waals surface area contributed by atoms with Gasteiger partial charge in [0.05, 0.1) is 11.7 Å². The molecule has 18 heavy (non-hydrogen) atoms. The molecule has 1 aromatic carbocycles. The summed E-state index contributed by atoms with van der Waals surface area (Å²) in [5, 5.41) is 9.60. The first-order chi connectivity index (χ1) is 8.50. The molecular formula is C13H17FN2OS. The molecule has 0 aliphatic carbocycles. The number of aliphatic hydroxyl groups is 1. The highest BCUT2D eigenvalue weighted by atomic mass is 32.1. The van der Waals surface area contributed by atoms with E-state index in [4.69, 9.17) is 18.0 Å². The van der Waals surface area contributed by atoms with Gasteiger partial charge < -0.3 is 15.7 Å². The fourth-order valence-electron chi connectivity index (χ4n) is 2.42. The molecule has 3 N–H and O–H groups in total. The third kappa shape index (κ3) is 2.47. The predicted molar refractivity (Wildman–Crippen MR) is 74.3 cm³/mol. The molecule has 1 saturated heterocycles. The summed E-state index contributed by atoms with van der Waals surface area (Å²) in [7, 11) is 0. The fraction of sp³-hybridized carbons (Fsp3) is 0.462. The second-order valence-corrected chi connectivity index (χ2v) is 5.17. The largest absolute Gasteiger partial charge is 0.393 e. The van der Waals surface area contributed by atoms with Gasteiger partial charge in [-0.3, -0.25) is 0 Å². The minimum absolute atomic E-state index is 0.0728. The van der Waals surface area contributed by atoms with Crippen molar-refractivity contribution >= 4 is 22.9 Å². The second-order valence-electron chi connectivity index (χ2n) is 4.73. The van der Waals surface area contributed by atoms with Crippen molar-refractivity contribution in [2.45, 2.75) is 19.4 Å². The smallest absolute Gasteiger partial charge is 0.135 e. The zero-order valence-corrected chi connectivity index (χ0v) is 11.1. The molecular weight excluding hydrogens is 251 g/mol. The molecule has 2 unspecified atom stereocenters. The van der Waals surface area contributed by atoms with Crippen LogP contribution in [0.15, 0.2) is 18.2 Å². The molecule has 0 aromatic heterocycles. The van der Waals surface area contributed by atoms with Gasteiger partial charge in [-0.05, 0) is 25.5 Å². The van der Waals surface area contributed by atoms with Crippen molar-refractivity contribution in [2.75, 3.05) is 18.0 Å². The van der Waals surface area contributed by atoms with Crippen LogP contribution in [0.3, 0.4) is 0 Å². The third-order valence-electron chi connectivity index (χ3n) is 3.49. The van der Waals surface area contributed by atoms with Crippen molar-refractivity contribution in [2.24, 2.45) is 11.7 Å². The first kappa shape index (κ1) is 13.2. The van der Waals surface area contributed by atoms with Gasteiger partial charge in [-0.2, -0.15) is 0 Å². The highest BCUT2D eigenvalue weighted by Crippen LogP contribution is 2.29. The van der Waals surface area contributed by atoms with Crippen LogP contribution in [0.2, 0.25) is 0 Å². The molecule has 5 heteroatoms. The summed E-state index contributed by atoms with van der Waals surface area (Å²) < 4.78 is 13.8. The Balaban J connectivity index is 2.30. The van der Waals surface area contributed by atoms with Gasteiger partial charge in [0.1, 0.15) is 10.8 Å². The Labute approximate surface area is 111 Å². The van der Waals surface area contributed by atoms with Crippen molar-refractivity contribution < 1.29 is 9.50 Å². The predicted octanol–water partition coefficient (Wildman–Crippen LogP) is 1.67. The van der Waals surface area contributed by atoms with Crippen molar-refractivity contribution in [1.29, 1.82) is 0 Å². The lowest BCUT2D eigenvalue weighted by Gasteiger charge is -2.22. The van der Waals surface area contributed by atoms with Gasteiger partial charge in [0.15, 0.2) is 0 Å². The van der Waals surface area contributed by atoms with Gasteiger partial charge in [0.25, 0.3) is 0 Å². The molecule has 0 radical (unpaired) electrons. The van der Waals surface area contributed by atoms with E-state index in [2.05, 4.69) is 0 Å². The number of hydrogen-bond donors (Lipinski definition) is 2. The van der Waals surface area contributed by atoms with E-state index in [-0.39, 0.29) is 22.8 Å². The van der Waals surface area contributed by atoms with Crippen molar-refractivity contribution in [3.63, 3.8) is 0 Å². The molecule has 0 amide bonds. The van der Waals surface area contributed by atoms with Crippen LogP contribution in [0, 0.1) is 11.7 Å². The Morgan fingerprint density at radius 2 is 2.33 bits per heavy atom. The van der Waals surface area contributed by atoms with Crippen LogP contribution in [-0.4, -0.2) is 29.3 Å². The van der Waals surface area contributed by atoms with E-state index in [1.165, 1.54) is 6.07 Å². The minimum Gasteiger partial charge on any atom is -0.393 e. The molecule has 0 saturated carbocycles. The number of nitrogens with zero attached hydrogens (tertiary/aromatic N) is 1. The van der Waals surface area contributed by atoms with Gasteiger partial charge in [-0.25, -0.2) is 4.39 Å². The Bertz CT molecular complexity index is 464. The SMILES string of the molecule is CC(O)C1CCN(c2cccc(F)c2C(N)=S)C1. The topological polar surface area (TPSA) is 49.5 Å². The molecule has 2 atom stereocenters. The van der Waals surface area contributed by atoms with E-state index in [9.17, 15) is 9.50 Å². The molecule has 1 aliphatic rings. The lowest BCUT2D eigenvalue weighted by molar-refractivity contribution is 0.136. The maximum absolute atomic E-state index is 13.8. The van der Waals surface area contributed by atoms with Crippen LogP contribution >= 0.6 is 12.2 Å². The van der Waals surface area contributed by atoms with Crippen LogP contribution in [-0.2, 0) is 0 Å². The summed E-state index contributed by atoms with van der Waals surface area (Å²) in [6.07, 6.45) is 0.544. The molecule has 1 aliphatic heterocycles. The number of nitrogens with two attached hydrogens (primary N) is 1. The number of halogens is 1. The Hall–Kier alpha value is -1.20. The molecule has 1 aromatic rings. The fourth-order valence-corrected chi connectivity index (χ4v) is 2.62. The number of thiocarbonyl (C=S) groups is 1. The van der Waals surface area contributed by atoms with Gasteiger partial charge in [-0.1, -0.05) is 18.3 Å². The maximum Gasteiger partial charge on any atom is 0.135 e. The van der Waals surface area contributed by atoms with Gasteiger partial charge in [0, 0.05) is 24.7 Å². The lowest BCUT2D eigenvalue weighted by atomic mass is 10.0. The molecule has 98 valence electrons. The molecule has 3 nitrogen and oxygen atoms in total. The highest BCUT2D eigenvalue weighted by molar-refractivity contribution is 7.80. The zero-order valence-electron chi connectivity index (χ0n) is 10.3. The van der Waals surface area contributed by atoms with Crippen LogP contribution in [0.4, 0.5) is 10.1 Å². The number of aliphatic hydroxyl groups excluding tert-OH is 1. The Morgan fingerprint density at radius 3 is 2.89 bits per heavy atom. The number of rotatable bonds is 3. The number of anilines is 1. The number of hydrogen-bond acceptors (Lipinski definition) is 3. The maximum atomic E-state index is 13.8. The van der Waals surface area contributed by atoms with E-state index in [1.54, 1.807) is 13.0 Å². The second kappa shape index (κ2) is 5.20. The summed E-state index contributed by atoms with van der Waals surface area (Å²) in [6.45, 7) is 3.28. The molecule has 1 heterocycles. The van der Waals surface area contributed by atoms with Gasteiger partial charge >= 0.3 is 0 Å². The standard InChI is InChI=1S/C13H17FN2OS/c1-8(17)9-5-6-16(7-9)11-4-2-3-10(14)12(11)13(15)18/h2-4,8-9,17H,5-7H2,1H3,(H2,15,18). The van der Waals surface area contributed by atoms with E-state index in [0.29, 0.717) is 12.1 Å². The first-order valence-electron chi connectivity index (χ1n) is 6.02. The molecule has 0 bridgehead atoms. The molecule has 2 rings (SSSR count). The summed E-state index contributed by atoms with van der Waals surface area (Å²) >= 11 is 4.92. The Kier molecular flexibility index (Phi) is 3.82. The third-order valence-corrected chi connectivity index (χ3v) is 3.69. The summed E-state index contributed by atoms with van der Waals surface area (Å²) in [4.78, 5) is 2.11. The minimum atomic E-state index is -0.388. The average Bonchev–Trinajstić information content (AvgIpc) is 2.77. The Morgan fingerprint density at radius 1 is 1.61 bits per heavy atom. The summed E-state index contributed by atoms with van der Waals surface area (Å²) in [5.41, 5.74) is 6.62. The van der Waals surface area contributed by atoms with E-state index < -0.39 is 0 Å². The van der Waals surface area contributed by atoms with Gasteiger partial charge in [-0.15, -0.1) is 0 Å². The van der Waals surface area contributed by atoms with Crippen LogP contribution in [0.5, 0.6) is 0 Å². The number of benzene rings is 1. The van der Waals surface area contributed by atoms with Crippen molar-refractivity contribution in [1.82, 2.24) is 0 Å². The van der Waals surface area contributed by atoms with Crippen LogP contribution in [0.1, 0.15) is 18.9 Å². The van der Waals surface area contributed by atoms with E-state index >= 15 is 0 Å². The van der Waals surface area contributed by atoms with E-state index in [1.807, 2.05) is 11.0 Å². The molecule has 1 fully saturated rings. The summed E-state index contributed by atoms with van der Waals surface area (Å²) in [5.74, 6) is -0.173. The molecule has 0 spiro atoms. The van der Waals surface area contributed by atoms with E-state index in [0.717, 1.165) is 18.7 Å². The van der Waals surface area contributed by atoms with Crippen molar-refractivity contribution in [3.8, 4) is 0 Å². The average molecular weight is 268 g/mol. The zero-order chi connectivity index (χ0) is 13.3. The first-order valence-corrected chi connectivity index (χ1v) is 6.43. The van der Waals surface area contributed by atoms with Crippen molar-refractivity contribution in [3.05, 3.63) is 29.6 Å². The van der Waals surface area contributed by atoms with Crippen LogP contribution in [0.25, 0.3) is 0 Å². The highest BCUT2D eigenvalue weighted by Gasteiger charge is 2.28.